The molecular formula is C25H17Cl2N3O4. The van der Waals surface area contributed by atoms with E-state index in [-0.39, 0.29) is 29.3 Å². The van der Waals surface area contributed by atoms with Gasteiger partial charge in [-0.25, -0.2) is 9.78 Å². The van der Waals surface area contributed by atoms with Gasteiger partial charge in [-0.15, -0.1) is 0 Å². The van der Waals surface area contributed by atoms with Gasteiger partial charge >= 0.3 is 5.97 Å². The lowest BCUT2D eigenvalue weighted by Crippen LogP contribution is -2.11. The van der Waals surface area contributed by atoms with Crippen LogP contribution >= 0.6 is 23.2 Å². The van der Waals surface area contributed by atoms with Crippen LogP contribution < -0.4 is 4.74 Å². The van der Waals surface area contributed by atoms with Crippen molar-refractivity contribution in [2.24, 2.45) is 0 Å². The monoisotopic (exact) mass is 493 g/mol. The molecule has 0 aliphatic heterocycles. The van der Waals surface area contributed by atoms with Crippen LogP contribution in [0, 0.1) is 11.3 Å². The highest BCUT2D eigenvalue weighted by atomic mass is 35.5. The van der Waals surface area contributed by atoms with Crippen molar-refractivity contribution >= 4 is 45.8 Å². The second-order valence-corrected chi connectivity index (χ2v) is 7.98. The van der Waals surface area contributed by atoms with E-state index in [0.29, 0.717) is 26.6 Å². The number of rotatable bonds is 7. The number of aliphatic hydroxyl groups excluding tert-OH is 1. The number of benzene rings is 3. The molecule has 0 spiro atoms. The number of H-pyrrole nitrogens is 1. The fraction of sp³-hybridized carbons (Fsp3) is 0.0800. The molecule has 34 heavy (non-hydrogen) atoms. The van der Waals surface area contributed by atoms with E-state index in [1.54, 1.807) is 48.5 Å². The Kier molecular flexibility index (Phi) is 7.02. The number of nitrogens with zero attached hydrogens (tertiary/aromatic N) is 2. The van der Waals surface area contributed by atoms with E-state index in [0.717, 1.165) is 0 Å². The third kappa shape index (κ3) is 5.15. The Labute approximate surface area is 204 Å². The summed E-state index contributed by atoms with van der Waals surface area (Å²) in [5.41, 5.74) is 2.08. The van der Waals surface area contributed by atoms with Crippen molar-refractivity contribution in [3.8, 4) is 11.8 Å². The molecule has 7 nitrogen and oxygen atoms in total. The molecule has 0 saturated heterocycles. The Morgan fingerprint density at radius 3 is 2.62 bits per heavy atom. The van der Waals surface area contributed by atoms with Gasteiger partial charge < -0.3 is 19.6 Å². The Hall–Kier alpha value is -3.99. The second-order valence-electron chi connectivity index (χ2n) is 7.13. The summed E-state index contributed by atoms with van der Waals surface area (Å²) in [5, 5.41) is 20.9. The van der Waals surface area contributed by atoms with Crippen molar-refractivity contribution in [3.63, 3.8) is 0 Å². The SMILES string of the molecule is N#C/C(=C(/O)COC(=O)c1ccccc1OCc1ccc(Cl)cc1Cl)c1nc2ccccc2[nH]1. The molecule has 0 bridgehead atoms. The molecule has 170 valence electrons. The van der Waals surface area contributed by atoms with Crippen molar-refractivity contribution < 1.29 is 19.4 Å². The number of para-hydroxylation sites is 3. The number of hydrogen-bond donors (Lipinski definition) is 2. The number of aliphatic hydroxyl groups is 1. The molecular weight excluding hydrogens is 477 g/mol. The quantitative estimate of drug-likeness (QED) is 0.183. The molecule has 0 radical (unpaired) electrons. The predicted molar refractivity (Wildman–Crippen MR) is 129 cm³/mol. The van der Waals surface area contributed by atoms with Gasteiger partial charge in [0.2, 0.25) is 0 Å². The molecule has 4 aromatic rings. The lowest BCUT2D eigenvalue weighted by Gasteiger charge is -2.12. The van der Waals surface area contributed by atoms with E-state index >= 15 is 0 Å². The first-order valence-electron chi connectivity index (χ1n) is 10.1. The Morgan fingerprint density at radius 1 is 1.09 bits per heavy atom. The molecule has 1 aromatic heterocycles. The number of allylic oxidation sites excluding steroid dienone is 1. The van der Waals surface area contributed by atoms with Gasteiger partial charge in [0.05, 0.1) is 11.0 Å². The smallest absolute Gasteiger partial charge is 0.342 e. The zero-order valence-corrected chi connectivity index (χ0v) is 19.1. The average molecular weight is 494 g/mol. The van der Waals surface area contributed by atoms with Crippen molar-refractivity contribution in [2.75, 3.05) is 6.61 Å². The average Bonchev–Trinajstić information content (AvgIpc) is 3.26. The van der Waals surface area contributed by atoms with Gasteiger partial charge in [0.1, 0.15) is 36.2 Å². The van der Waals surface area contributed by atoms with E-state index in [2.05, 4.69) is 9.97 Å². The van der Waals surface area contributed by atoms with E-state index in [9.17, 15) is 15.2 Å². The number of hydrogen-bond acceptors (Lipinski definition) is 6. The number of carbonyl (C=O) groups excluding carboxylic acids is 1. The highest BCUT2D eigenvalue weighted by Crippen LogP contribution is 2.25. The summed E-state index contributed by atoms with van der Waals surface area (Å²) < 4.78 is 11.0. The Balaban J connectivity index is 1.47. The van der Waals surface area contributed by atoms with Crippen LogP contribution in [0.25, 0.3) is 16.6 Å². The van der Waals surface area contributed by atoms with Crippen LogP contribution in [0.2, 0.25) is 10.0 Å². The van der Waals surface area contributed by atoms with Crippen LogP contribution in [0.1, 0.15) is 21.7 Å². The number of imidazole rings is 1. The number of ether oxygens (including phenoxy) is 2. The van der Waals surface area contributed by atoms with Crippen LogP contribution in [-0.2, 0) is 11.3 Å². The molecule has 0 amide bonds. The second kappa shape index (κ2) is 10.3. The van der Waals surface area contributed by atoms with Crippen LogP contribution in [0.15, 0.2) is 72.5 Å². The van der Waals surface area contributed by atoms with Gasteiger partial charge in [0, 0.05) is 15.6 Å². The summed E-state index contributed by atoms with van der Waals surface area (Å²) in [4.78, 5) is 20.0. The molecule has 0 aliphatic rings. The maximum Gasteiger partial charge on any atom is 0.342 e. The first-order chi connectivity index (χ1) is 16.5. The summed E-state index contributed by atoms with van der Waals surface area (Å²) in [6.45, 7) is -0.411. The number of carbonyl (C=O) groups is 1. The predicted octanol–water partition coefficient (Wildman–Crippen LogP) is 6.10. The summed E-state index contributed by atoms with van der Waals surface area (Å²) in [5.74, 6) is -0.701. The summed E-state index contributed by atoms with van der Waals surface area (Å²) in [7, 11) is 0. The lowest BCUT2D eigenvalue weighted by molar-refractivity contribution is 0.0497. The third-order valence-corrected chi connectivity index (χ3v) is 5.46. The molecule has 9 heteroatoms. The largest absolute Gasteiger partial charge is 0.507 e. The van der Waals surface area contributed by atoms with Crippen LogP contribution in [0.5, 0.6) is 5.75 Å². The number of nitrogens with one attached hydrogen (secondary N) is 1. The van der Waals surface area contributed by atoms with E-state index in [1.165, 1.54) is 6.07 Å². The van der Waals surface area contributed by atoms with Gasteiger partial charge in [-0.1, -0.05) is 53.5 Å². The topological polar surface area (TPSA) is 108 Å². The van der Waals surface area contributed by atoms with E-state index in [4.69, 9.17) is 32.7 Å². The minimum absolute atomic E-state index is 0.107. The number of halogens is 2. The Bertz CT molecular complexity index is 1410. The molecule has 2 N–H and O–H groups in total. The zero-order chi connectivity index (χ0) is 24.1. The first-order valence-corrected chi connectivity index (χ1v) is 10.8. The van der Waals surface area contributed by atoms with Crippen molar-refractivity contribution in [2.45, 2.75) is 6.61 Å². The molecule has 3 aromatic carbocycles. The Morgan fingerprint density at radius 2 is 1.85 bits per heavy atom. The summed E-state index contributed by atoms with van der Waals surface area (Å²) in [6.07, 6.45) is 0. The van der Waals surface area contributed by atoms with Crippen LogP contribution in [0.4, 0.5) is 0 Å². The van der Waals surface area contributed by atoms with E-state index < -0.39 is 18.3 Å². The molecule has 0 unspecified atom stereocenters. The van der Waals surface area contributed by atoms with Crippen molar-refractivity contribution in [1.29, 1.82) is 5.26 Å². The van der Waals surface area contributed by atoms with E-state index in [1.807, 2.05) is 18.2 Å². The minimum atomic E-state index is -0.730. The third-order valence-electron chi connectivity index (χ3n) is 4.87. The standard InChI is InChI=1S/C25H17Cl2N3O4/c26-16-10-9-15(19(27)11-16)13-33-23-8-4-1-5-17(23)25(32)34-14-22(31)18(12-28)24-29-20-6-2-3-7-21(20)30-24/h1-11,31H,13-14H2,(H,29,30)/b22-18-. The maximum atomic E-state index is 12.7. The normalized spacial score (nSPS) is 11.6. The molecule has 0 fully saturated rings. The highest BCUT2D eigenvalue weighted by molar-refractivity contribution is 6.35. The molecule has 4 rings (SSSR count). The van der Waals surface area contributed by atoms with Gasteiger partial charge in [0.15, 0.2) is 11.6 Å². The van der Waals surface area contributed by atoms with Gasteiger partial charge in [-0.2, -0.15) is 5.26 Å². The fourth-order valence-electron chi connectivity index (χ4n) is 3.16. The van der Waals surface area contributed by atoms with Crippen molar-refractivity contribution in [1.82, 2.24) is 9.97 Å². The molecule has 1 heterocycles. The fourth-order valence-corrected chi connectivity index (χ4v) is 3.63. The summed E-state index contributed by atoms with van der Waals surface area (Å²) in [6, 6.07) is 20.6. The zero-order valence-electron chi connectivity index (χ0n) is 17.6. The summed E-state index contributed by atoms with van der Waals surface area (Å²) >= 11 is 12.1. The van der Waals surface area contributed by atoms with Gasteiger partial charge in [-0.3, -0.25) is 0 Å². The number of fused-ring (bicyclic) bond motifs is 1. The van der Waals surface area contributed by atoms with Crippen LogP contribution in [0.3, 0.4) is 0 Å². The number of nitriles is 1. The molecule has 0 aliphatic carbocycles. The minimum Gasteiger partial charge on any atom is -0.507 e. The van der Waals surface area contributed by atoms with Gasteiger partial charge in [-0.05, 0) is 36.4 Å². The van der Waals surface area contributed by atoms with Gasteiger partial charge in [0.25, 0.3) is 0 Å². The van der Waals surface area contributed by atoms with Crippen molar-refractivity contribution in [3.05, 3.63) is 99.5 Å². The molecule has 0 atom stereocenters. The molecule has 0 saturated carbocycles. The lowest BCUT2D eigenvalue weighted by atomic mass is 10.2. The highest BCUT2D eigenvalue weighted by Gasteiger charge is 2.18. The maximum absolute atomic E-state index is 12.7. The first kappa shape index (κ1) is 23.2. The number of aromatic nitrogens is 2. The number of aromatic amines is 1. The number of esters is 1. The van der Waals surface area contributed by atoms with Crippen LogP contribution in [-0.4, -0.2) is 27.7 Å².